The Bertz CT molecular complexity index is 384. The molecule has 1 rings (SSSR count). The van der Waals surface area contributed by atoms with E-state index in [2.05, 4.69) is 10.7 Å². The number of nitrogens with one attached hydrogen (secondary N) is 2. The molecule has 1 atom stereocenters. The van der Waals surface area contributed by atoms with E-state index in [0.717, 1.165) is 0 Å². The summed E-state index contributed by atoms with van der Waals surface area (Å²) in [6, 6.07) is -0.781. The second-order valence-corrected chi connectivity index (χ2v) is 3.98. The van der Waals surface area contributed by atoms with Gasteiger partial charge in [-0.2, -0.15) is 0 Å². The van der Waals surface area contributed by atoms with Crippen molar-refractivity contribution in [2.24, 2.45) is 0 Å². The third-order valence-electron chi connectivity index (χ3n) is 2.36. The number of carbonyl (C=O) groups excluding carboxylic acids is 3. The zero-order valence-corrected chi connectivity index (χ0v) is 10.6. The van der Waals surface area contributed by atoms with Gasteiger partial charge in [-0.25, -0.2) is 5.01 Å². The second-order valence-electron chi connectivity index (χ2n) is 3.61. The van der Waals surface area contributed by atoms with Gasteiger partial charge in [0.2, 0.25) is 11.8 Å². The molecule has 0 aromatic carbocycles. The zero-order valence-electron chi connectivity index (χ0n) is 9.81. The third kappa shape index (κ3) is 2.70. The van der Waals surface area contributed by atoms with Crippen molar-refractivity contribution in [1.29, 1.82) is 0 Å². The van der Waals surface area contributed by atoms with Gasteiger partial charge in [0, 0.05) is 21.0 Å². The lowest BCUT2D eigenvalue weighted by molar-refractivity contribution is -0.133. The maximum atomic E-state index is 11.8. The molecule has 0 saturated carbocycles. The Morgan fingerprint density at radius 3 is 2.53 bits per heavy atom. The van der Waals surface area contributed by atoms with Crippen molar-refractivity contribution in [2.75, 3.05) is 14.1 Å². The molecule has 0 bridgehead atoms. The first-order chi connectivity index (χ1) is 7.88. The van der Waals surface area contributed by atoms with Crippen LogP contribution in [-0.4, -0.2) is 52.9 Å². The molecule has 8 heteroatoms. The molecule has 0 aromatic rings. The number of thiocarbonyl (C=S) groups is 1. The fourth-order valence-corrected chi connectivity index (χ4v) is 1.74. The number of nitrogens with zero attached hydrogens (tertiary/aromatic N) is 2. The van der Waals surface area contributed by atoms with E-state index < -0.39 is 6.04 Å². The average Bonchev–Trinajstić information content (AvgIpc) is 2.46. The number of hydrogen-bond donors (Lipinski definition) is 2. The van der Waals surface area contributed by atoms with Crippen molar-refractivity contribution >= 4 is 35.1 Å². The number of carbonyl (C=O) groups is 3. The van der Waals surface area contributed by atoms with Crippen LogP contribution in [0, 0.1) is 0 Å². The third-order valence-corrected chi connectivity index (χ3v) is 2.83. The molecule has 1 fully saturated rings. The van der Waals surface area contributed by atoms with Gasteiger partial charge in [-0.05, 0) is 12.2 Å². The lowest BCUT2D eigenvalue weighted by atomic mass is 10.2. The molecule has 1 aliphatic rings. The maximum Gasteiger partial charge on any atom is 0.253 e. The van der Waals surface area contributed by atoms with Crippen molar-refractivity contribution < 1.29 is 14.4 Å². The van der Waals surface area contributed by atoms with Crippen LogP contribution in [0.4, 0.5) is 0 Å². The van der Waals surface area contributed by atoms with E-state index >= 15 is 0 Å². The second kappa shape index (κ2) is 5.09. The summed E-state index contributed by atoms with van der Waals surface area (Å²) in [6.45, 7) is 1.31. The van der Waals surface area contributed by atoms with Crippen molar-refractivity contribution in [2.45, 2.75) is 19.4 Å². The summed E-state index contributed by atoms with van der Waals surface area (Å²) < 4.78 is 0. The molecule has 0 aromatic heterocycles. The molecule has 1 aliphatic heterocycles. The standard InChI is InChI=1S/C9H14N4O3S/c1-5(14)11-13-6(4-7(15)10-2)8(16)12(3)9(13)17/h6H,4H2,1-3H3,(H,10,15)(H,11,14). The van der Waals surface area contributed by atoms with Crippen LogP contribution in [0.2, 0.25) is 0 Å². The molecule has 1 unspecified atom stereocenters. The first-order valence-corrected chi connectivity index (χ1v) is 5.38. The fourth-order valence-electron chi connectivity index (χ4n) is 1.47. The molecule has 2 N–H and O–H groups in total. The van der Waals surface area contributed by atoms with E-state index in [-0.39, 0.29) is 29.3 Å². The minimum absolute atomic E-state index is 0.0555. The molecule has 94 valence electrons. The predicted octanol–water partition coefficient (Wildman–Crippen LogP) is -1.40. The lowest BCUT2D eigenvalue weighted by Crippen LogP contribution is -2.49. The molecular weight excluding hydrogens is 244 g/mol. The Hall–Kier alpha value is -1.70. The summed E-state index contributed by atoms with van der Waals surface area (Å²) in [5.41, 5.74) is 2.44. The molecular formula is C9H14N4O3S. The van der Waals surface area contributed by atoms with Gasteiger partial charge in [0.25, 0.3) is 5.91 Å². The minimum atomic E-state index is -0.781. The summed E-state index contributed by atoms with van der Waals surface area (Å²) in [5.74, 6) is -0.957. The van der Waals surface area contributed by atoms with Crippen LogP contribution in [0.15, 0.2) is 0 Å². The van der Waals surface area contributed by atoms with Gasteiger partial charge in [-0.3, -0.25) is 24.7 Å². The van der Waals surface area contributed by atoms with Gasteiger partial charge in [0.1, 0.15) is 6.04 Å². The Labute approximate surface area is 104 Å². The Balaban J connectivity index is 2.89. The van der Waals surface area contributed by atoms with Crippen LogP contribution in [-0.2, 0) is 14.4 Å². The normalized spacial score (nSPS) is 19.6. The molecule has 3 amide bonds. The highest BCUT2D eigenvalue weighted by Gasteiger charge is 2.42. The molecule has 17 heavy (non-hydrogen) atoms. The number of hydrazine groups is 1. The van der Waals surface area contributed by atoms with Crippen molar-refractivity contribution in [3.8, 4) is 0 Å². The van der Waals surface area contributed by atoms with Gasteiger partial charge in [-0.1, -0.05) is 0 Å². The largest absolute Gasteiger partial charge is 0.359 e. The van der Waals surface area contributed by atoms with Crippen LogP contribution in [0.5, 0.6) is 0 Å². The Morgan fingerprint density at radius 2 is 2.06 bits per heavy atom. The van der Waals surface area contributed by atoms with Crippen molar-refractivity contribution in [3.05, 3.63) is 0 Å². The molecule has 0 aliphatic carbocycles. The highest BCUT2D eigenvalue weighted by atomic mass is 32.1. The van der Waals surface area contributed by atoms with E-state index in [1.807, 2.05) is 0 Å². The quantitative estimate of drug-likeness (QED) is 0.609. The smallest absolute Gasteiger partial charge is 0.253 e. The van der Waals surface area contributed by atoms with Gasteiger partial charge in [0.05, 0.1) is 6.42 Å². The van der Waals surface area contributed by atoms with Crippen molar-refractivity contribution in [3.63, 3.8) is 0 Å². The summed E-state index contributed by atoms with van der Waals surface area (Å²) in [7, 11) is 2.98. The number of rotatable bonds is 3. The summed E-state index contributed by atoms with van der Waals surface area (Å²) >= 11 is 5.01. The summed E-state index contributed by atoms with van der Waals surface area (Å²) in [5, 5.41) is 3.85. The van der Waals surface area contributed by atoms with Crippen LogP contribution in [0.1, 0.15) is 13.3 Å². The van der Waals surface area contributed by atoms with Crippen LogP contribution < -0.4 is 10.7 Å². The van der Waals surface area contributed by atoms with Crippen LogP contribution in [0.25, 0.3) is 0 Å². The predicted molar refractivity (Wildman–Crippen MR) is 63.5 cm³/mol. The Morgan fingerprint density at radius 1 is 1.47 bits per heavy atom. The molecule has 7 nitrogen and oxygen atoms in total. The summed E-state index contributed by atoms with van der Waals surface area (Å²) in [4.78, 5) is 35.4. The molecule has 0 spiro atoms. The van der Waals surface area contributed by atoms with Crippen LogP contribution in [0.3, 0.4) is 0 Å². The van der Waals surface area contributed by atoms with Gasteiger partial charge in [0.15, 0.2) is 5.11 Å². The van der Waals surface area contributed by atoms with E-state index in [9.17, 15) is 14.4 Å². The first kappa shape index (κ1) is 13.4. The SMILES string of the molecule is CNC(=O)CC1C(=O)N(C)C(=S)N1NC(C)=O. The zero-order chi connectivity index (χ0) is 13.2. The molecule has 1 heterocycles. The van der Waals surface area contributed by atoms with E-state index in [4.69, 9.17) is 12.2 Å². The first-order valence-electron chi connectivity index (χ1n) is 4.97. The number of amides is 3. The van der Waals surface area contributed by atoms with Gasteiger partial charge < -0.3 is 5.32 Å². The molecule has 0 radical (unpaired) electrons. The summed E-state index contributed by atoms with van der Waals surface area (Å²) in [6.07, 6.45) is -0.0555. The van der Waals surface area contributed by atoms with E-state index in [1.54, 1.807) is 0 Å². The number of likely N-dealkylation sites (N-methyl/N-ethyl adjacent to an activating group) is 1. The van der Waals surface area contributed by atoms with E-state index in [1.165, 1.54) is 30.9 Å². The minimum Gasteiger partial charge on any atom is -0.359 e. The van der Waals surface area contributed by atoms with E-state index in [0.29, 0.717) is 0 Å². The highest BCUT2D eigenvalue weighted by Crippen LogP contribution is 2.16. The maximum absolute atomic E-state index is 11.8. The topological polar surface area (TPSA) is 81.8 Å². The number of hydrogen-bond acceptors (Lipinski definition) is 4. The lowest BCUT2D eigenvalue weighted by Gasteiger charge is -2.22. The highest BCUT2D eigenvalue weighted by molar-refractivity contribution is 7.80. The van der Waals surface area contributed by atoms with Gasteiger partial charge in [-0.15, -0.1) is 0 Å². The Kier molecular flexibility index (Phi) is 4.00. The van der Waals surface area contributed by atoms with Gasteiger partial charge >= 0.3 is 0 Å². The fraction of sp³-hybridized carbons (Fsp3) is 0.556. The molecule has 1 saturated heterocycles. The van der Waals surface area contributed by atoms with Crippen molar-refractivity contribution in [1.82, 2.24) is 20.7 Å². The monoisotopic (exact) mass is 258 g/mol. The average molecular weight is 258 g/mol. The van der Waals surface area contributed by atoms with Crippen LogP contribution >= 0.6 is 12.2 Å².